The van der Waals surface area contributed by atoms with Crippen LogP contribution in [0.3, 0.4) is 0 Å². The topological polar surface area (TPSA) is 0 Å². The van der Waals surface area contributed by atoms with Gasteiger partial charge in [-0.15, -0.1) is 0 Å². The van der Waals surface area contributed by atoms with Crippen LogP contribution in [0.5, 0.6) is 0 Å². The predicted octanol–water partition coefficient (Wildman–Crippen LogP) is 11.3. The Kier molecular flexibility index (Phi) is 16.2. The largest absolute Gasteiger partial charge is 0.0654 e. The molecule has 2 saturated carbocycles. The molecule has 0 unspecified atom stereocenters. The Labute approximate surface area is 198 Å². The Bertz CT molecular complexity index is 369. The Morgan fingerprint density at radius 1 is 0.355 bits per heavy atom. The fourth-order valence-corrected chi connectivity index (χ4v) is 6.85. The lowest BCUT2D eigenvalue weighted by atomic mass is 9.68. The average Bonchev–Trinajstić information content (AvgIpc) is 2.81. The van der Waals surface area contributed by atoms with Gasteiger partial charge in [-0.1, -0.05) is 149 Å². The van der Waals surface area contributed by atoms with Gasteiger partial charge >= 0.3 is 0 Å². The molecule has 0 spiro atoms. The van der Waals surface area contributed by atoms with Crippen molar-refractivity contribution in [2.45, 2.75) is 174 Å². The van der Waals surface area contributed by atoms with Gasteiger partial charge in [0.05, 0.1) is 0 Å². The molecular weight excluding hydrogens is 372 g/mol. The van der Waals surface area contributed by atoms with Crippen LogP contribution in [-0.2, 0) is 0 Å². The highest BCUT2D eigenvalue weighted by atomic mass is 14.4. The van der Waals surface area contributed by atoms with Gasteiger partial charge in [0.25, 0.3) is 0 Å². The molecule has 0 amide bonds. The first-order valence-electron chi connectivity index (χ1n) is 15.3. The van der Waals surface area contributed by atoms with Crippen LogP contribution in [0, 0.1) is 23.7 Å². The monoisotopic (exact) mass is 432 g/mol. The van der Waals surface area contributed by atoms with Crippen LogP contribution >= 0.6 is 0 Å². The predicted molar refractivity (Wildman–Crippen MR) is 141 cm³/mol. The van der Waals surface area contributed by atoms with E-state index in [0.717, 1.165) is 23.7 Å². The fourth-order valence-electron chi connectivity index (χ4n) is 6.85. The molecular formula is C31H60. The van der Waals surface area contributed by atoms with Gasteiger partial charge in [0.15, 0.2) is 0 Å². The summed E-state index contributed by atoms with van der Waals surface area (Å²) in [6.45, 7) is 4.64. The Balaban J connectivity index is 1.42. The second-order valence-electron chi connectivity index (χ2n) is 11.7. The van der Waals surface area contributed by atoms with Crippen LogP contribution < -0.4 is 0 Å². The quantitative estimate of drug-likeness (QED) is 0.189. The molecule has 2 aliphatic rings. The third kappa shape index (κ3) is 12.7. The van der Waals surface area contributed by atoms with Gasteiger partial charge in [0.2, 0.25) is 0 Å². The maximum atomic E-state index is 2.32. The summed E-state index contributed by atoms with van der Waals surface area (Å²) in [7, 11) is 0. The van der Waals surface area contributed by atoms with Crippen molar-refractivity contribution in [1.82, 2.24) is 0 Å². The third-order valence-corrected chi connectivity index (χ3v) is 9.13. The molecule has 0 heteroatoms. The number of rotatable bonds is 18. The zero-order valence-corrected chi connectivity index (χ0v) is 22.0. The third-order valence-electron chi connectivity index (χ3n) is 9.13. The van der Waals surface area contributed by atoms with Crippen molar-refractivity contribution in [3.63, 3.8) is 0 Å². The zero-order valence-electron chi connectivity index (χ0n) is 22.0. The molecule has 0 nitrogen and oxygen atoms in total. The van der Waals surface area contributed by atoms with E-state index in [1.165, 1.54) is 96.3 Å². The minimum absolute atomic E-state index is 1.09. The van der Waals surface area contributed by atoms with Crippen LogP contribution in [0.1, 0.15) is 174 Å². The van der Waals surface area contributed by atoms with Crippen LogP contribution in [-0.4, -0.2) is 0 Å². The highest BCUT2D eigenvalue weighted by molar-refractivity contribution is 4.82. The van der Waals surface area contributed by atoms with E-state index in [2.05, 4.69) is 13.8 Å². The summed E-state index contributed by atoms with van der Waals surface area (Å²) in [6, 6.07) is 0. The van der Waals surface area contributed by atoms with Crippen molar-refractivity contribution in [2.24, 2.45) is 23.7 Å². The maximum Gasteiger partial charge on any atom is -0.0386 e. The fraction of sp³-hybridized carbons (Fsp3) is 1.00. The minimum atomic E-state index is 1.09. The lowest BCUT2D eigenvalue weighted by Gasteiger charge is -2.38. The Morgan fingerprint density at radius 3 is 0.968 bits per heavy atom. The van der Waals surface area contributed by atoms with Gasteiger partial charge < -0.3 is 0 Å². The summed E-state index contributed by atoms with van der Waals surface area (Å²) in [5, 5.41) is 0. The van der Waals surface area contributed by atoms with Gasteiger partial charge in [-0.05, 0) is 49.4 Å². The summed E-state index contributed by atoms with van der Waals surface area (Å²) in [5.41, 5.74) is 0. The molecule has 0 aromatic heterocycles. The lowest BCUT2D eigenvalue weighted by Crippen LogP contribution is -2.25. The lowest BCUT2D eigenvalue weighted by molar-refractivity contribution is 0.139. The number of hydrogen-bond donors (Lipinski definition) is 0. The van der Waals surface area contributed by atoms with E-state index in [4.69, 9.17) is 0 Å². The van der Waals surface area contributed by atoms with Gasteiger partial charge in [-0.2, -0.15) is 0 Å². The van der Waals surface area contributed by atoms with Crippen molar-refractivity contribution in [3.05, 3.63) is 0 Å². The van der Waals surface area contributed by atoms with E-state index in [1.54, 1.807) is 64.2 Å². The highest BCUT2D eigenvalue weighted by Crippen LogP contribution is 2.43. The molecule has 2 rings (SSSR count). The van der Waals surface area contributed by atoms with Gasteiger partial charge in [0, 0.05) is 0 Å². The Morgan fingerprint density at radius 2 is 0.645 bits per heavy atom. The van der Waals surface area contributed by atoms with Crippen molar-refractivity contribution in [2.75, 3.05) is 0 Å². The smallest absolute Gasteiger partial charge is 0.0386 e. The van der Waals surface area contributed by atoms with Crippen molar-refractivity contribution >= 4 is 0 Å². The van der Waals surface area contributed by atoms with E-state index < -0.39 is 0 Å². The first-order chi connectivity index (χ1) is 15.3. The zero-order chi connectivity index (χ0) is 22.0. The normalized spacial score (nSPS) is 26.9. The summed E-state index contributed by atoms with van der Waals surface area (Å²) >= 11 is 0. The van der Waals surface area contributed by atoms with E-state index in [1.807, 2.05) is 0 Å². The molecule has 184 valence electrons. The number of hydrogen-bond acceptors (Lipinski definition) is 0. The van der Waals surface area contributed by atoms with E-state index in [9.17, 15) is 0 Å². The SMILES string of the molecule is CCCCCCCCCCC1CCC(C2CCC(CCCCCCCCC)CC2)CC1. The molecule has 0 radical (unpaired) electrons. The standard InChI is InChI=1S/C31H60/c1-3-5-7-9-11-13-15-17-19-29-22-26-31(27-23-29)30-24-20-28(21-25-30)18-16-14-12-10-8-6-4-2/h28-31H,3-27H2,1-2H3. The van der Waals surface area contributed by atoms with E-state index in [0.29, 0.717) is 0 Å². The van der Waals surface area contributed by atoms with E-state index >= 15 is 0 Å². The van der Waals surface area contributed by atoms with Crippen LogP contribution in [0.4, 0.5) is 0 Å². The molecule has 0 aliphatic heterocycles. The van der Waals surface area contributed by atoms with E-state index in [-0.39, 0.29) is 0 Å². The molecule has 2 fully saturated rings. The first-order valence-corrected chi connectivity index (χ1v) is 15.3. The molecule has 0 atom stereocenters. The molecule has 0 N–H and O–H groups in total. The first kappa shape index (κ1) is 27.2. The maximum absolute atomic E-state index is 2.32. The minimum Gasteiger partial charge on any atom is -0.0654 e. The van der Waals surface area contributed by atoms with Gasteiger partial charge in [0.1, 0.15) is 0 Å². The van der Waals surface area contributed by atoms with Gasteiger partial charge in [-0.25, -0.2) is 0 Å². The summed E-state index contributed by atoms with van der Waals surface area (Å²) in [5.74, 6) is 4.39. The summed E-state index contributed by atoms with van der Waals surface area (Å²) < 4.78 is 0. The van der Waals surface area contributed by atoms with Crippen LogP contribution in [0.2, 0.25) is 0 Å². The highest BCUT2D eigenvalue weighted by Gasteiger charge is 2.30. The molecule has 0 bridgehead atoms. The Hall–Kier alpha value is 0. The second kappa shape index (κ2) is 18.4. The molecule has 0 saturated heterocycles. The molecule has 0 aromatic rings. The van der Waals surface area contributed by atoms with Gasteiger partial charge in [-0.3, -0.25) is 0 Å². The number of unbranched alkanes of at least 4 members (excludes halogenated alkanes) is 13. The molecule has 31 heavy (non-hydrogen) atoms. The molecule has 0 heterocycles. The van der Waals surface area contributed by atoms with Crippen molar-refractivity contribution in [3.8, 4) is 0 Å². The summed E-state index contributed by atoms with van der Waals surface area (Å²) in [4.78, 5) is 0. The average molecular weight is 433 g/mol. The summed E-state index contributed by atoms with van der Waals surface area (Å²) in [6.07, 6.45) is 37.8. The van der Waals surface area contributed by atoms with Crippen LogP contribution in [0.15, 0.2) is 0 Å². The molecule has 2 aliphatic carbocycles. The second-order valence-corrected chi connectivity index (χ2v) is 11.7. The van der Waals surface area contributed by atoms with Crippen molar-refractivity contribution in [1.29, 1.82) is 0 Å². The van der Waals surface area contributed by atoms with Crippen LogP contribution in [0.25, 0.3) is 0 Å². The van der Waals surface area contributed by atoms with Crippen molar-refractivity contribution < 1.29 is 0 Å². The molecule has 0 aromatic carbocycles.